The highest BCUT2D eigenvalue weighted by atomic mass is 79.9. The second-order valence-electron chi connectivity index (χ2n) is 8.23. The molecule has 2 amide bonds. The Morgan fingerprint density at radius 1 is 1.19 bits per heavy atom. The van der Waals surface area contributed by atoms with Crippen LogP contribution in [0.5, 0.6) is 0 Å². The molecule has 3 aliphatic carbocycles. The second kappa shape index (κ2) is 6.27. The number of nitrogens with one attached hydrogen (secondary N) is 3. The summed E-state index contributed by atoms with van der Waals surface area (Å²) in [6, 6.07) is 0.204. The zero-order chi connectivity index (χ0) is 17.9. The highest BCUT2D eigenvalue weighted by Crippen LogP contribution is 2.74. The van der Waals surface area contributed by atoms with Crippen molar-refractivity contribution in [3.8, 4) is 0 Å². The van der Waals surface area contributed by atoms with Crippen molar-refractivity contribution in [3.63, 3.8) is 0 Å². The molecule has 0 aromatic carbocycles. The summed E-state index contributed by atoms with van der Waals surface area (Å²) < 4.78 is 0.891. The minimum atomic E-state index is -0.215. The van der Waals surface area contributed by atoms with Crippen LogP contribution in [0.1, 0.15) is 32.1 Å². The molecule has 5 atom stereocenters. The molecule has 3 saturated carbocycles. The number of rotatable bonds is 4. The van der Waals surface area contributed by atoms with E-state index >= 15 is 0 Å². The van der Waals surface area contributed by atoms with Crippen LogP contribution in [0.25, 0.3) is 0 Å². The van der Waals surface area contributed by atoms with Gasteiger partial charge in [0.25, 0.3) is 0 Å². The third-order valence-corrected chi connectivity index (χ3v) is 8.46. The van der Waals surface area contributed by atoms with Gasteiger partial charge in [-0.25, -0.2) is 4.98 Å². The molecule has 1 aliphatic heterocycles. The van der Waals surface area contributed by atoms with Crippen molar-refractivity contribution in [3.05, 3.63) is 9.98 Å². The van der Waals surface area contributed by atoms with Crippen LogP contribution < -0.4 is 16.0 Å². The summed E-state index contributed by atoms with van der Waals surface area (Å²) in [5.74, 6) is 0.412. The summed E-state index contributed by atoms with van der Waals surface area (Å²) in [4.78, 5) is 30.5. The first-order valence-corrected chi connectivity index (χ1v) is 11.1. The number of hydrogen-bond donors (Lipinski definition) is 3. The van der Waals surface area contributed by atoms with E-state index in [0.717, 1.165) is 36.1 Å². The Labute approximate surface area is 165 Å². The van der Waals surface area contributed by atoms with E-state index in [2.05, 4.69) is 36.9 Å². The van der Waals surface area contributed by atoms with Crippen molar-refractivity contribution in [1.29, 1.82) is 0 Å². The lowest BCUT2D eigenvalue weighted by atomic mass is 9.78. The van der Waals surface area contributed by atoms with Gasteiger partial charge in [0, 0.05) is 12.6 Å². The van der Waals surface area contributed by atoms with Crippen LogP contribution in [0.2, 0.25) is 0 Å². The smallest absolute Gasteiger partial charge is 0.230 e. The highest BCUT2D eigenvalue weighted by Gasteiger charge is 2.71. The maximum absolute atomic E-state index is 13.1. The fraction of sp³-hybridized carbons (Fsp3) is 0.722. The normalized spacial score (nSPS) is 36.4. The first-order chi connectivity index (χ1) is 12.6. The minimum Gasteiger partial charge on any atom is -0.352 e. The Kier molecular flexibility index (Phi) is 4.13. The number of carbonyl (C=O) groups excluding carboxylic acids is 2. The molecule has 6 nitrogen and oxygen atoms in total. The summed E-state index contributed by atoms with van der Waals surface area (Å²) in [5, 5.41) is 10.1. The van der Waals surface area contributed by atoms with Crippen LogP contribution in [0.3, 0.4) is 0 Å². The first kappa shape index (κ1) is 17.1. The third kappa shape index (κ3) is 2.64. The predicted molar refractivity (Wildman–Crippen MR) is 103 cm³/mol. The van der Waals surface area contributed by atoms with E-state index in [0.29, 0.717) is 17.0 Å². The van der Waals surface area contributed by atoms with Crippen molar-refractivity contribution in [2.75, 3.05) is 18.4 Å². The Hall–Kier alpha value is -0.990. The van der Waals surface area contributed by atoms with E-state index in [1.54, 1.807) is 6.20 Å². The summed E-state index contributed by atoms with van der Waals surface area (Å²) in [7, 11) is 0. The predicted octanol–water partition coefficient (Wildman–Crippen LogP) is 2.37. The maximum atomic E-state index is 13.1. The fourth-order valence-corrected chi connectivity index (χ4v) is 7.05. The number of carbonyl (C=O) groups is 2. The Morgan fingerprint density at radius 3 is 2.50 bits per heavy atom. The van der Waals surface area contributed by atoms with Gasteiger partial charge in [0.05, 0.1) is 21.8 Å². The van der Waals surface area contributed by atoms with E-state index in [9.17, 15) is 9.59 Å². The van der Waals surface area contributed by atoms with E-state index in [1.807, 2.05) is 0 Å². The molecule has 1 aromatic heterocycles. The van der Waals surface area contributed by atoms with Crippen LogP contribution in [0, 0.1) is 29.1 Å². The van der Waals surface area contributed by atoms with Crippen LogP contribution in [0.4, 0.5) is 5.13 Å². The average Bonchev–Trinajstić information content (AvgIpc) is 2.91. The number of halogens is 1. The van der Waals surface area contributed by atoms with Crippen LogP contribution in [0.15, 0.2) is 9.98 Å². The van der Waals surface area contributed by atoms with Gasteiger partial charge in [-0.1, -0.05) is 11.3 Å². The molecule has 1 saturated heterocycles. The number of amides is 2. The van der Waals surface area contributed by atoms with Gasteiger partial charge in [0.2, 0.25) is 11.8 Å². The highest BCUT2D eigenvalue weighted by molar-refractivity contribution is 9.11. The Balaban J connectivity index is 1.38. The van der Waals surface area contributed by atoms with Crippen molar-refractivity contribution in [2.24, 2.45) is 29.1 Å². The van der Waals surface area contributed by atoms with E-state index in [-0.39, 0.29) is 35.1 Å². The van der Waals surface area contributed by atoms with Gasteiger partial charge in [-0.15, -0.1) is 0 Å². The topological polar surface area (TPSA) is 83.1 Å². The second-order valence-corrected chi connectivity index (χ2v) is 10.6. The molecule has 4 fully saturated rings. The zero-order valence-corrected chi connectivity index (χ0v) is 16.9. The van der Waals surface area contributed by atoms with E-state index < -0.39 is 0 Å². The fourth-order valence-electron chi connectivity index (χ4n) is 5.94. The van der Waals surface area contributed by atoms with Gasteiger partial charge in [-0.05, 0) is 71.8 Å². The van der Waals surface area contributed by atoms with E-state index in [4.69, 9.17) is 0 Å². The molecule has 0 radical (unpaired) electrons. The van der Waals surface area contributed by atoms with Gasteiger partial charge in [-0.3, -0.25) is 9.59 Å². The van der Waals surface area contributed by atoms with Crippen LogP contribution in [-0.4, -0.2) is 35.9 Å². The Morgan fingerprint density at radius 2 is 1.92 bits per heavy atom. The molecule has 140 valence electrons. The third-order valence-electron chi connectivity index (χ3n) is 7.07. The van der Waals surface area contributed by atoms with E-state index in [1.165, 1.54) is 24.2 Å². The van der Waals surface area contributed by atoms with Gasteiger partial charge in [-0.2, -0.15) is 0 Å². The SMILES string of the molecule is O=C(NC1CCNC1)[C@H]1[C@H](C(=O)Nc2ncc(Br)s2)[C@@H]2CC[C@H]1C21CC1. The standard InChI is InChI=1S/C18H23BrN4O2S/c19-12-8-21-17(26-12)23-16(25)14-11-2-1-10(18(11)4-5-18)13(14)15(24)22-9-3-6-20-7-9/h8-11,13-14,20H,1-7H2,(H,22,24)(H,21,23,25)/t9?,10-,11+,13-,14-/m1/s1. The van der Waals surface area contributed by atoms with Gasteiger partial charge in [0.1, 0.15) is 0 Å². The van der Waals surface area contributed by atoms with Gasteiger partial charge in [0.15, 0.2) is 5.13 Å². The quantitative estimate of drug-likeness (QED) is 0.673. The number of thiazole rings is 1. The molecular formula is C18H23BrN4O2S. The average molecular weight is 439 g/mol. The van der Waals surface area contributed by atoms with Crippen LogP contribution in [-0.2, 0) is 9.59 Å². The molecule has 1 spiro atoms. The largest absolute Gasteiger partial charge is 0.352 e. The lowest BCUT2D eigenvalue weighted by Crippen LogP contribution is -2.46. The molecule has 8 heteroatoms. The lowest BCUT2D eigenvalue weighted by molar-refractivity contribution is -0.135. The molecule has 4 aliphatic rings. The number of anilines is 1. The summed E-state index contributed by atoms with van der Waals surface area (Å²) >= 11 is 4.80. The van der Waals surface area contributed by atoms with Crippen molar-refractivity contribution < 1.29 is 9.59 Å². The van der Waals surface area contributed by atoms with Gasteiger partial charge >= 0.3 is 0 Å². The number of nitrogens with zero attached hydrogens (tertiary/aromatic N) is 1. The van der Waals surface area contributed by atoms with Gasteiger partial charge < -0.3 is 16.0 Å². The Bertz CT molecular complexity index is 743. The zero-order valence-electron chi connectivity index (χ0n) is 14.5. The molecule has 2 bridgehead atoms. The molecule has 1 aromatic rings. The van der Waals surface area contributed by atoms with Crippen molar-refractivity contribution >= 4 is 44.2 Å². The first-order valence-electron chi connectivity index (χ1n) is 9.52. The summed E-state index contributed by atoms with van der Waals surface area (Å²) in [5.41, 5.74) is 0.265. The number of hydrogen-bond acceptors (Lipinski definition) is 5. The lowest BCUT2D eigenvalue weighted by Gasteiger charge is -2.29. The molecule has 5 rings (SSSR count). The van der Waals surface area contributed by atoms with Crippen molar-refractivity contribution in [1.82, 2.24) is 15.6 Å². The maximum Gasteiger partial charge on any atom is 0.230 e. The summed E-state index contributed by atoms with van der Waals surface area (Å²) in [6.07, 6.45) is 7.22. The summed E-state index contributed by atoms with van der Waals surface area (Å²) in [6.45, 7) is 1.79. The monoisotopic (exact) mass is 438 g/mol. The van der Waals surface area contributed by atoms with Crippen LogP contribution >= 0.6 is 27.3 Å². The molecule has 26 heavy (non-hydrogen) atoms. The minimum absolute atomic E-state index is 0.0185. The molecular weight excluding hydrogens is 416 g/mol. The molecule has 3 N–H and O–H groups in total. The number of aromatic nitrogens is 1. The molecule has 2 heterocycles. The van der Waals surface area contributed by atoms with Crippen molar-refractivity contribution in [2.45, 2.75) is 38.1 Å². The molecule has 1 unspecified atom stereocenters.